The summed E-state index contributed by atoms with van der Waals surface area (Å²) in [5, 5.41) is 12.5. The highest BCUT2D eigenvalue weighted by Crippen LogP contribution is 2.24. The second-order valence-corrected chi connectivity index (χ2v) is 5.14. The monoisotopic (exact) mass is 260 g/mol. The first-order valence-corrected chi connectivity index (χ1v) is 6.98. The zero-order valence-electron chi connectivity index (χ0n) is 11.0. The number of aromatic nitrogens is 1. The normalized spacial score (nSPS) is 20.3. The molecule has 102 valence electrons. The Morgan fingerprint density at radius 3 is 2.89 bits per heavy atom. The van der Waals surface area contributed by atoms with Gasteiger partial charge in [0.05, 0.1) is 12.1 Å². The number of hydrogen-bond donors (Lipinski definition) is 2. The van der Waals surface area contributed by atoms with Crippen molar-refractivity contribution < 1.29 is 5.11 Å². The van der Waals surface area contributed by atoms with Crippen molar-refractivity contribution in [2.24, 2.45) is 10.9 Å². The number of pyridine rings is 1. The summed E-state index contributed by atoms with van der Waals surface area (Å²) in [7, 11) is 0. The average molecular weight is 260 g/mol. The minimum Gasteiger partial charge on any atom is -0.396 e. The molecule has 0 unspecified atom stereocenters. The molecule has 1 aromatic heterocycles. The first kappa shape index (κ1) is 12.4. The molecular weight excluding hydrogens is 240 g/mol. The molecule has 3 rings (SSSR count). The summed E-state index contributed by atoms with van der Waals surface area (Å²) in [5.41, 5.74) is 1.10. The summed E-state index contributed by atoms with van der Waals surface area (Å²) in [5.74, 6) is 2.43. The van der Waals surface area contributed by atoms with Crippen molar-refractivity contribution in [1.82, 2.24) is 10.3 Å². The van der Waals surface area contributed by atoms with Crippen molar-refractivity contribution in [2.45, 2.75) is 12.8 Å². The summed E-state index contributed by atoms with van der Waals surface area (Å²) in [4.78, 5) is 11.3. The molecular formula is C14H20N4O. The summed E-state index contributed by atoms with van der Waals surface area (Å²) in [6, 6.07) is 4.04. The third-order valence-corrected chi connectivity index (χ3v) is 3.89. The molecule has 0 saturated carbocycles. The SMILES string of the molecule is OCC1CCN(c2ncccc2C2=NCCN2)CC1. The van der Waals surface area contributed by atoms with E-state index in [4.69, 9.17) is 0 Å². The molecule has 2 aliphatic rings. The van der Waals surface area contributed by atoms with E-state index in [1.807, 2.05) is 12.3 Å². The van der Waals surface area contributed by atoms with Crippen molar-refractivity contribution in [3.63, 3.8) is 0 Å². The Morgan fingerprint density at radius 2 is 2.21 bits per heavy atom. The molecule has 5 heteroatoms. The van der Waals surface area contributed by atoms with E-state index in [1.165, 1.54) is 0 Å². The zero-order valence-corrected chi connectivity index (χ0v) is 11.0. The number of aliphatic hydroxyl groups is 1. The highest BCUT2D eigenvalue weighted by atomic mass is 16.3. The molecule has 19 heavy (non-hydrogen) atoms. The van der Waals surface area contributed by atoms with Gasteiger partial charge in [0.25, 0.3) is 0 Å². The maximum absolute atomic E-state index is 9.21. The molecule has 3 heterocycles. The summed E-state index contributed by atoms with van der Waals surface area (Å²) in [6.07, 6.45) is 3.91. The number of anilines is 1. The molecule has 0 amide bonds. The van der Waals surface area contributed by atoms with Crippen molar-refractivity contribution in [1.29, 1.82) is 0 Å². The second-order valence-electron chi connectivity index (χ2n) is 5.14. The van der Waals surface area contributed by atoms with Crippen molar-refractivity contribution in [3.8, 4) is 0 Å². The summed E-state index contributed by atoms with van der Waals surface area (Å²) < 4.78 is 0. The molecule has 1 fully saturated rings. The molecule has 1 saturated heterocycles. The van der Waals surface area contributed by atoms with E-state index in [2.05, 4.69) is 26.3 Å². The Hall–Kier alpha value is -1.62. The molecule has 0 aromatic carbocycles. The number of aliphatic imine (C=N–C) groups is 1. The van der Waals surface area contributed by atoms with E-state index >= 15 is 0 Å². The van der Waals surface area contributed by atoms with Crippen LogP contribution in [-0.4, -0.2) is 48.7 Å². The van der Waals surface area contributed by atoms with Crippen LogP contribution in [0.2, 0.25) is 0 Å². The molecule has 0 radical (unpaired) electrons. The highest BCUT2D eigenvalue weighted by molar-refractivity contribution is 6.03. The summed E-state index contributed by atoms with van der Waals surface area (Å²) >= 11 is 0. The molecule has 0 atom stereocenters. The van der Waals surface area contributed by atoms with Crippen LogP contribution in [0.15, 0.2) is 23.3 Å². The molecule has 0 bridgehead atoms. The minimum atomic E-state index is 0.303. The molecule has 2 aliphatic heterocycles. The van der Waals surface area contributed by atoms with Crippen LogP contribution in [-0.2, 0) is 0 Å². The third kappa shape index (κ3) is 2.56. The van der Waals surface area contributed by atoms with Crippen LogP contribution in [0.5, 0.6) is 0 Å². The molecule has 5 nitrogen and oxygen atoms in total. The standard InChI is InChI=1S/C14H20N4O/c19-10-11-3-8-18(9-4-11)14-12(2-1-5-17-14)13-15-6-7-16-13/h1-2,5,11,19H,3-4,6-10H2,(H,15,16). The van der Waals surface area contributed by atoms with Crippen LogP contribution in [0, 0.1) is 5.92 Å². The minimum absolute atomic E-state index is 0.303. The molecule has 0 spiro atoms. The highest BCUT2D eigenvalue weighted by Gasteiger charge is 2.23. The fourth-order valence-corrected chi connectivity index (χ4v) is 2.74. The van der Waals surface area contributed by atoms with E-state index in [0.717, 1.165) is 56.2 Å². The van der Waals surface area contributed by atoms with Crippen LogP contribution in [0.3, 0.4) is 0 Å². The van der Waals surface area contributed by atoms with Gasteiger partial charge in [0.2, 0.25) is 0 Å². The smallest absolute Gasteiger partial charge is 0.139 e. The number of aliphatic hydroxyl groups excluding tert-OH is 1. The number of rotatable bonds is 3. The fourth-order valence-electron chi connectivity index (χ4n) is 2.74. The van der Waals surface area contributed by atoms with E-state index in [9.17, 15) is 5.11 Å². The maximum atomic E-state index is 9.21. The Morgan fingerprint density at radius 1 is 1.37 bits per heavy atom. The van der Waals surface area contributed by atoms with Gasteiger partial charge in [-0.15, -0.1) is 0 Å². The van der Waals surface area contributed by atoms with E-state index in [0.29, 0.717) is 12.5 Å². The number of amidine groups is 1. The largest absolute Gasteiger partial charge is 0.396 e. The Labute approximate surface area is 113 Å². The number of nitrogens with zero attached hydrogens (tertiary/aromatic N) is 3. The van der Waals surface area contributed by atoms with Gasteiger partial charge in [-0.2, -0.15) is 0 Å². The van der Waals surface area contributed by atoms with Gasteiger partial charge in [-0.1, -0.05) is 0 Å². The van der Waals surface area contributed by atoms with Crippen LogP contribution in [0.4, 0.5) is 5.82 Å². The lowest BCUT2D eigenvalue weighted by Gasteiger charge is -2.33. The molecule has 0 aliphatic carbocycles. The van der Waals surface area contributed by atoms with Crippen LogP contribution >= 0.6 is 0 Å². The summed E-state index contributed by atoms with van der Waals surface area (Å²) in [6.45, 7) is 3.98. The van der Waals surface area contributed by atoms with Gasteiger partial charge < -0.3 is 15.3 Å². The predicted octanol–water partition coefficient (Wildman–Crippen LogP) is 0.640. The second kappa shape index (κ2) is 5.57. The quantitative estimate of drug-likeness (QED) is 0.837. The lowest BCUT2D eigenvalue weighted by Crippen LogP contribution is -2.36. The third-order valence-electron chi connectivity index (χ3n) is 3.89. The van der Waals surface area contributed by atoms with E-state index in [-0.39, 0.29) is 0 Å². The Balaban J connectivity index is 1.81. The number of piperidine rings is 1. The molecule has 1 aromatic rings. The van der Waals surface area contributed by atoms with Gasteiger partial charge >= 0.3 is 0 Å². The van der Waals surface area contributed by atoms with Crippen LogP contribution in [0.25, 0.3) is 0 Å². The predicted molar refractivity (Wildman–Crippen MR) is 75.7 cm³/mol. The fraction of sp³-hybridized carbons (Fsp3) is 0.571. The van der Waals surface area contributed by atoms with Crippen LogP contribution < -0.4 is 10.2 Å². The van der Waals surface area contributed by atoms with Gasteiger partial charge in [0.1, 0.15) is 11.7 Å². The average Bonchev–Trinajstić information content (AvgIpc) is 3.01. The zero-order chi connectivity index (χ0) is 13.1. The van der Waals surface area contributed by atoms with Gasteiger partial charge in [0, 0.05) is 32.4 Å². The van der Waals surface area contributed by atoms with Gasteiger partial charge in [-0.25, -0.2) is 4.98 Å². The van der Waals surface area contributed by atoms with Crippen molar-refractivity contribution in [2.75, 3.05) is 37.7 Å². The van der Waals surface area contributed by atoms with E-state index < -0.39 is 0 Å². The Kier molecular flexibility index (Phi) is 3.64. The first-order valence-electron chi connectivity index (χ1n) is 6.98. The first-order chi connectivity index (χ1) is 9.38. The Bertz CT molecular complexity index is 466. The molecule has 2 N–H and O–H groups in total. The number of nitrogens with one attached hydrogen (secondary N) is 1. The maximum Gasteiger partial charge on any atom is 0.139 e. The lowest BCUT2D eigenvalue weighted by atomic mass is 9.97. The van der Waals surface area contributed by atoms with Gasteiger partial charge in [-0.3, -0.25) is 4.99 Å². The van der Waals surface area contributed by atoms with Gasteiger partial charge in [-0.05, 0) is 30.9 Å². The topological polar surface area (TPSA) is 60.8 Å². The van der Waals surface area contributed by atoms with Crippen molar-refractivity contribution >= 4 is 11.7 Å². The van der Waals surface area contributed by atoms with Crippen LogP contribution in [0.1, 0.15) is 18.4 Å². The van der Waals surface area contributed by atoms with Gasteiger partial charge in [0.15, 0.2) is 0 Å². The lowest BCUT2D eigenvalue weighted by molar-refractivity contribution is 0.203. The van der Waals surface area contributed by atoms with E-state index in [1.54, 1.807) is 0 Å². The van der Waals surface area contributed by atoms with Crippen molar-refractivity contribution in [3.05, 3.63) is 23.9 Å². The number of hydrogen-bond acceptors (Lipinski definition) is 5.